The molecule has 2 amide bonds. The number of halogens is 4. The molecule has 0 radical (unpaired) electrons. The third kappa shape index (κ3) is 7.10. The van der Waals surface area contributed by atoms with Gasteiger partial charge in [0.1, 0.15) is 11.9 Å². The van der Waals surface area contributed by atoms with Crippen LogP contribution in [-0.4, -0.2) is 77.2 Å². The minimum atomic E-state index is -4.90. The monoisotopic (exact) mass is 660 g/mol. The van der Waals surface area contributed by atoms with Crippen LogP contribution in [-0.2, 0) is 11.0 Å². The first-order valence-corrected chi connectivity index (χ1v) is 16.0. The van der Waals surface area contributed by atoms with Gasteiger partial charge in [-0.3, -0.25) is 9.59 Å². The van der Waals surface area contributed by atoms with E-state index in [1.807, 2.05) is 23.1 Å². The summed E-state index contributed by atoms with van der Waals surface area (Å²) in [6, 6.07) is 10.3. The highest BCUT2D eigenvalue weighted by Crippen LogP contribution is 2.37. The Balaban J connectivity index is 1.07. The number of pyridine rings is 1. The van der Waals surface area contributed by atoms with Gasteiger partial charge in [-0.15, -0.1) is 0 Å². The van der Waals surface area contributed by atoms with Crippen LogP contribution >= 0.6 is 11.6 Å². The Bertz CT molecular complexity index is 1540. The Labute approximate surface area is 269 Å². The molecule has 1 aromatic carbocycles. The van der Waals surface area contributed by atoms with Crippen LogP contribution in [0.15, 0.2) is 47.0 Å². The van der Waals surface area contributed by atoms with Crippen LogP contribution < -0.4 is 15.1 Å². The lowest BCUT2D eigenvalue weighted by Gasteiger charge is -2.37. The minimum absolute atomic E-state index is 0.0201. The second-order valence-electron chi connectivity index (χ2n) is 12.2. The molecule has 0 bridgehead atoms. The molecule has 6 rings (SSSR count). The van der Waals surface area contributed by atoms with Gasteiger partial charge in [0, 0.05) is 50.2 Å². The van der Waals surface area contributed by atoms with Gasteiger partial charge in [-0.2, -0.15) is 18.2 Å². The molecule has 2 aliphatic heterocycles. The zero-order chi connectivity index (χ0) is 32.4. The van der Waals surface area contributed by atoms with Crippen LogP contribution in [0.2, 0.25) is 5.02 Å². The normalized spacial score (nSPS) is 20.2. The van der Waals surface area contributed by atoms with E-state index in [0.29, 0.717) is 56.5 Å². The number of nitrogens with one attached hydrogen (secondary N) is 1. The molecule has 246 valence electrons. The molecule has 3 aromatic rings. The fraction of sp³-hybridized carbons (Fsp3) is 0.500. The van der Waals surface area contributed by atoms with Gasteiger partial charge in [0.2, 0.25) is 5.76 Å². The van der Waals surface area contributed by atoms with Crippen molar-refractivity contribution in [2.45, 2.75) is 56.7 Å². The van der Waals surface area contributed by atoms with Gasteiger partial charge in [-0.1, -0.05) is 43.0 Å². The number of carbonyl (C=O) groups excluding carboxylic acids is 2. The Kier molecular flexibility index (Phi) is 9.42. The molecule has 2 saturated heterocycles. The molecular formula is C32H36ClF3N6O4. The summed E-state index contributed by atoms with van der Waals surface area (Å²) in [6.07, 6.45) is 1.13. The Hall–Kier alpha value is -3.84. The van der Waals surface area contributed by atoms with Crippen molar-refractivity contribution in [1.82, 2.24) is 14.9 Å². The van der Waals surface area contributed by atoms with Crippen LogP contribution in [0.3, 0.4) is 0 Å². The Morgan fingerprint density at radius 3 is 2.43 bits per heavy atom. The van der Waals surface area contributed by atoms with Crippen LogP contribution in [0.5, 0.6) is 0 Å². The average Bonchev–Trinajstić information content (AvgIpc) is 3.74. The average molecular weight is 661 g/mol. The second kappa shape index (κ2) is 13.5. The van der Waals surface area contributed by atoms with E-state index in [1.54, 1.807) is 28.0 Å². The van der Waals surface area contributed by atoms with Gasteiger partial charge in [-0.25, -0.2) is 4.98 Å². The maximum absolute atomic E-state index is 13.9. The molecule has 2 atom stereocenters. The van der Waals surface area contributed by atoms with E-state index in [2.05, 4.69) is 15.3 Å². The topological polar surface area (TPSA) is 115 Å². The molecule has 3 aliphatic rings. The number of nitrogens with zero attached hydrogens (tertiary/aromatic N) is 5. The number of oxazole rings is 1. The Morgan fingerprint density at radius 2 is 1.76 bits per heavy atom. The van der Waals surface area contributed by atoms with E-state index in [4.69, 9.17) is 16.0 Å². The lowest BCUT2D eigenvalue weighted by Crippen LogP contribution is -2.53. The largest absolute Gasteiger partial charge is 0.437 e. The number of alkyl halides is 3. The highest BCUT2D eigenvalue weighted by Gasteiger charge is 2.43. The van der Waals surface area contributed by atoms with E-state index >= 15 is 0 Å². The van der Waals surface area contributed by atoms with Crippen molar-refractivity contribution in [2.24, 2.45) is 5.92 Å². The van der Waals surface area contributed by atoms with Crippen LogP contribution in [0.4, 0.5) is 30.7 Å². The molecule has 2 unspecified atom stereocenters. The molecule has 1 saturated carbocycles. The lowest BCUT2D eigenvalue weighted by molar-refractivity contribution is -0.144. The molecule has 14 heteroatoms. The first-order chi connectivity index (χ1) is 22.1. The molecule has 46 heavy (non-hydrogen) atoms. The first kappa shape index (κ1) is 32.1. The number of piperazine rings is 1. The molecule has 4 heterocycles. The number of amides is 2. The second-order valence-corrected chi connectivity index (χ2v) is 12.6. The molecule has 3 fully saturated rings. The highest BCUT2D eigenvalue weighted by atomic mass is 35.5. The predicted octanol–water partition coefficient (Wildman–Crippen LogP) is 5.58. The van der Waals surface area contributed by atoms with E-state index in [9.17, 15) is 27.9 Å². The van der Waals surface area contributed by atoms with E-state index in [0.717, 1.165) is 37.7 Å². The number of hydrogen-bond donors (Lipinski definition) is 2. The highest BCUT2D eigenvalue weighted by molar-refractivity contribution is 6.30. The van der Waals surface area contributed by atoms with Crippen LogP contribution in [0, 0.1) is 5.92 Å². The summed E-state index contributed by atoms with van der Waals surface area (Å²) in [4.78, 5) is 39.2. The van der Waals surface area contributed by atoms with E-state index in [1.165, 1.54) is 6.20 Å². The van der Waals surface area contributed by atoms with Gasteiger partial charge in [0.05, 0.1) is 11.9 Å². The molecule has 2 N–H and O–H groups in total. The van der Waals surface area contributed by atoms with Crippen molar-refractivity contribution in [3.05, 3.63) is 64.6 Å². The van der Waals surface area contributed by atoms with Gasteiger partial charge < -0.3 is 29.5 Å². The van der Waals surface area contributed by atoms with Gasteiger partial charge in [0.25, 0.3) is 17.8 Å². The number of aromatic nitrogens is 2. The van der Waals surface area contributed by atoms with E-state index < -0.39 is 29.6 Å². The van der Waals surface area contributed by atoms with Gasteiger partial charge in [-0.05, 0) is 55.0 Å². The van der Waals surface area contributed by atoms with Crippen LogP contribution in [0.1, 0.15) is 66.3 Å². The number of rotatable bonds is 7. The smallest absolute Gasteiger partial charge is 0.417 e. The lowest BCUT2D eigenvalue weighted by atomic mass is 9.85. The van der Waals surface area contributed by atoms with Crippen molar-refractivity contribution >= 4 is 40.9 Å². The summed E-state index contributed by atoms with van der Waals surface area (Å²) in [6.45, 7) is 2.67. The summed E-state index contributed by atoms with van der Waals surface area (Å²) < 4.78 is 47.2. The standard InChI is InChI=1S/C32H36ClF3N6O4/c33-23-8-4-7-21(17-23)22-11-12-42(19-22)31-39-28(32(34,35)36)27(46-31)29(44)38-24-9-10-25(37-18-24)40-13-15-41(16-14-40)30(45)26(43)20-5-2-1-3-6-20/h4,7-10,17-18,20,22,26,43H,1-3,5-6,11-16,19H2,(H,38,44). The molecule has 2 aromatic heterocycles. The van der Waals surface area contributed by atoms with Crippen molar-refractivity contribution in [3.63, 3.8) is 0 Å². The zero-order valence-electron chi connectivity index (χ0n) is 25.2. The van der Waals surface area contributed by atoms with Gasteiger partial charge >= 0.3 is 6.18 Å². The maximum Gasteiger partial charge on any atom is 0.437 e. The minimum Gasteiger partial charge on any atom is -0.417 e. The van der Waals surface area contributed by atoms with Crippen molar-refractivity contribution in [2.75, 3.05) is 54.4 Å². The summed E-state index contributed by atoms with van der Waals surface area (Å²) in [5, 5.41) is 13.6. The number of aliphatic hydroxyl groups excluding tert-OH is 1. The SMILES string of the molecule is O=C(Nc1ccc(N2CCN(C(=O)C(O)C3CCCCC3)CC2)nc1)c1oc(N2CCC(c3cccc(Cl)c3)C2)nc1C(F)(F)F. The number of anilines is 3. The van der Waals surface area contributed by atoms with Gasteiger partial charge in [0.15, 0.2) is 5.69 Å². The molecule has 0 spiro atoms. The van der Waals surface area contributed by atoms with Crippen molar-refractivity contribution < 1.29 is 32.3 Å². The van der Waals surface area contributed by atoms with Crippen molar-refractivity contribution in [1.29, 1.82) is 0 Å². The summed E-state index contributed by atoms with van der Waals surface area (Å²) >= 11 is 6.11. The number of benzene rings is 1. The first-order valence-electron chi connectivity index (χ1n) is 15.6. The third-order valence-electron chi connectivity index (χ3n) is 9.14. The number of hydrogen-bond acceptors (Lipinski definition) is 8. The zero-order valence-corrected chi connectivity index (χ0v) is 25.9. The molecule has 10 nitrogen and oxygen atoms in total. The number of aliphatic hydroxyl groups is 1. The van der Waals surface area contributed by atoms with Crippen LogP contribution in [0.25, 0.3) is 0 Å². The maximum atomic E-state index is 13.9. The fourth-order valence-electron chi connectivity index (χ4n) is 6.59. The predicted molar refractivity (Wildman–Crippen MR) is 166 cm³/mol. The molecular weight excluding hydrogens is 625 g/mol. The quantitative estimate of drug-likeness (QED) is 0.338. The Morgan fingerprint density at radius 1 is 1.00 bits per heavy atom. The summed E-state index contributed by atoms with van der Waals surface area (Å²) in [7, 11) is 0. The van der Waals surface area contributed by atoms with E-state index in [-0.39, 0.29) is 29.4 Å². The summed E-state index contributed by atoms with van der Waals surface area (Å²) in [5.41, 5.74) is -0.237. The fourth-order valence-corrected chi connectivity index (χ4v) is 6.78. The van der Waals surface area contributed by atoms with Crippen molar-refractivity contribution in [3.8, 4) is 0 Å². The third-order valence-corrected chi connectivity index (χ3v) is 9.38. The molecule has 1 aliphatic carbocycles. The number of carbonyl (C=O) groups is 2. The summed E-state index contributed by atoms with van der Waals surface area (Å²) in [5.74, 6) is -1.59.